The van der Waals surface area contributed by atoms with Gasteiger partial charge in [-0.15, -0.1) is 0 Å². The second kappa shape index (κ2) is 10.9. The van der Waals surface area contributed by atoms with Gasteiger partial charge in [0, 0.05) is 18.4 Å². The van der Waals surface area contributed by atoms with E-state index in [4.69, 9.17) is 14.3 Å². The van der Waals surface area contributed by atoms with Crippen LogP contribution in [0.15, 0.2) is 59.3 Å². The number of hydrogen-bond acceptors (Lipinski definition) is 6. The molecule has 0 bridgehead atoms. The van der Waals surface area contributed by atoms with Crippen LogP contribution in [0, 0.1) is 0 Å². The topological polar surface area (TPSA) is 131 Å². The summed E-state index contributed by atoms with van der Waals surface area (Å²) in [7, 11) is 0. The van der Waals surface area contributed by atoms with Gasteiger partial charge in [-0.1, -0.05) is 55.5 Å². The van der Waals surface area contributed by atoms with E-state index in [1.807, 2.05) is 43.3 Å². The second-order valence-corrected chi connectivity index (χ2v) is 8.31. The standard InChI is InChI=1S/C26H27N3O6/c1-2-16(11-12-23(30)31)29-25(32)24-22(35-15-28-24)13-27-26(33)34-14-21-19-9-5-3-7-17(19)18-8-4-6-10-20(18)21/h3-10,15-16,21H,2,11-14H2,1H3,(H,27,33)(H,29,32)(H,30,31). The van der Waals surface area contributed by atoms with Crippen LogP contribution in [0.3, 0.4) is 0 Å². The largest absolute Gasteiger partial charge is 0.481 e. The predicted octanol–water partition coefficient (Wildman–Crippen LogP) is 4.09. The van der Waals surface area contributed by atoms with Gasteiger partial charge in [-0.3, -0.25) is 9.59 Å². The van der Waals surface area contributed by atoms with Gasteiger partial charge in [0.25, 0.3) is 5.91 Å². The molecule has 4 rings (SSSR count). The van der Waals surface area contributed by atoms with Crippen LogP contribution in [0.25, 0.3) is 11.1 Å². The van der Waals surface area contributed by atoms with E-state index in [2.05, 4.69) is 27.8 Å². The lowest BCUT2D eigenvalue weighted by Crippen LogP contribution is -2.36. The van der Waals surface area contributed by atoms with Crippen molar-refractivity contribution in [3.63, 3.8) is 0 Å². The molecule has 1 heterocycles. The normalized spacial score (nSPS) is 12.9. The number of carboxylic acids is 1. The van der Waals surface area contributed by atoms with Gasteiger partial charge in [0.1, 0.15) is 6.61 Å². The van der Waals surface area contributed by atoms with Crippen LogP contribution < -0.4 is 10.6 Å². The second-order valence-electron chi connectivity index (χ2n) is 8.31. The molecular formula is C26H27N3O6. The number of aliphatic carboxylic acids is 1. The molecule has 2 aromatic carbocycles. The van der Waals surface area contributed by atoms with E-state index < -0.39 is 18.0 Å². The average molecular weight is 478 g/mol. The Kier molecular flexibility index (Phi) is 7.45. The van der Waals surface area contributed by atoms with E-state index in [1.165, 1.54) is 0 Å². The monoisotopic (exact) mass is 477 g/mol. The summed E-state index contributed by atoms with van der Waals surface area (Å²) in [6, 6.07) is 15.8. The summed E-state index contributed by atoms with van der Waals surface area (Å²) >= 11 is 0. The van der Waals surface area contributed by atoms with Crippen molar-refractivity contribution in [3.8, 4) is 11.1 Å². The molecule has 2 amide bonds. The lowest BCUT2D eigenvalue weighted by atomic mass is 9.98. The third-order valence-corrected chi connectivity index (χ3v) is 6.13. The smallest absolute Gasteiger partial charge is 0.407 e. The molecule has 3 N–H and O–H groups in total. The molecule has 1 aliphatic rings. The minimum atomic E-state index is -0.924. The fraction of sp³-hybridized carbons (Fsp3) is 0.308. The number of ether oxygens (including phenoxy) is 1. The molecule has 0 radical (unpaired) electrons. The number of hydrogen-bond donors (Lipinski definition) is 3. The van der Waals surface area contributed by atoms with Gasteiger partial charge in [-0.25, -0.2) is 9.78 Å². The van der Waals surface area contributed by atoms with Crippen LogP contribution in [0.1, 0.15) is 59.5 Å². The van der Waals surface area contributed by atoms with Crippen LogP contribution in [0.4, 0.5) is 4.79 Å². The maximum absolute atomic E-state index is 12.6. The zero-order valence-electron chi connectivity index (χ0n) is 19.3. The van der Waals surface area contributed by atoms with Crippen LogP contribution in [-0.2, 0) is 16.1 Å². The van der Waals surface area contributed by atoms with Gasteiger partial charge in [-0.05, 0) is 35.1 Å². The summed E-state index contributed by atoms with van der Waals surface area (Å²) in [6.07, 6.45) is 1.32. The first-order valence-electron chi connectivity index (χ1n) is 11.5. The van der Waals surface area contributed by atoms with Gasteiger partial charge in [0.15, 0.2) is 17.8 Å². The molecule has 35 heavy (non-hydrogen) atoms. The Morgan fingerprint density at radius 1 is 1.09 bits per heavy atom. The molecule has 0 spiro atoms. The molecule has 1 aromatic heterocycles. The first-order valence-corrected chi connectivity index (χ1v) is 11.5. The van der Waals surface area contributed by atoms with E-state index in [9.17, 15) is 14.4 Å². The first-order chi connectivity index (χ1) is 17.0. The van der Waals surface area contributed by atoms with Crippen molar-refractivity contribution in [1.29, 1.82) is 0 Å². The van der Waals surface area contributed by atoms with Gasteiger partial charge in [-0.2, -0.15) is 0 Å². The Labute approximate surface area is 202 Å². The molecule has 0 saturated carbocycles. The number of oxazole rings is 1. The van der Waals surface area contributed by atoms with E-state index in [-0.39, 0.29) is 43.0 Å². The SMILES string of the molecule is CCC(CCC(=O)O)NC(=O)c1ncoc1CNC(=O)OCC1c2ccccc2-c2ccccc21. The number of fused-ring (bicyclic) bond motifs is 3. The Bertz CT molecular complexity index is 1180. The molecule has 9 nitrogen and oxygen atoms in total. The van der Waals surface area contributed by atoms with Crippen LogP contribution in [0.5, 0.6) is 0 Å². The van der Waals surface area contributed by atoms with Crippen LogP contribution in [0.2, 0.25) is 0 Å². The number of rotatable bonds is 10. The van der Waals surface area contributed by atoms with Crippen molar-refractivity contribution in [3.05, 3.63) is 77.5 Å². The molecule has 1 aliphatic carbocycles. The minimum Gasteiger partial charge on any atom is -0.481 e. The molecule has 9 heteroatoms. The number of benzene rings is 2. The molecule has 3 aromatic rings. The van der Waals surface area contributed by atoms with Crippen LogP contribution >= 0.6 is 0 Å². The van der Waals surface area contributed by atoms with Crippen molar-refractivity contribution in [2.75, 3.05) is 6.61 Å². The highest BCUT2D eigenvalue weighted by molar-refractivity contribution is 5.93. The Hall–Kier alpha value is -4.14. The lowest BCUT2D eigenvalue weighted by molar-refractivity contribution is -0.137. The molecule has 0 aliphatic heterocycles. The molecular weight excluding hydrogens is 450 g/mol. The highest BCUT2D eigenvalue weighted by atomic mass is 16.5. The highest BCUT2D eigenvalue weighted by Crippen LogP contribution is 2.44. The van der Waals surface area contributed by atoms with Gasteiger partial charge < -0.3 is 24.9 Å². The summed E-state index contributed by atoms with van der Waals surface area (Å²) in [5.74, 6) is -1.28. The number of aromatic nitrogens is 1. The summed E-state index contributed by atoms with van der Waals surface area (Å²) in [4.78, 5) is 39.8. The van der Waals surface area contributed by atoms with Crippen molar-refractivity contribution < 1.29 is 28.6 Å². The average Bonchev–Trinajstić information content (AvgIpc) is 3.46. The van der Waals surface area contributed by atoms with Gasteiger partial charge in [0.05, 0.1) is 6.54 Å². The summed E-state index contributed by atoms with van der Waals surface area (Å²) in [5, 5.41) is 14.2. The number of carbonyl (C=O) groups excluding carboxylic acids is 2. The van der Waals surface area contributed by atoms with Crippen molar-refractivity contribution in [1.82, 2.24) is 15.6 Å². The summed E-state index contributed by atoms with van der Waals surface area (Å²) < 4.78 is 10.8. The van der Waals surface area contributed by atoms with Crippen molar-refractivity contribution >= 4 is 18.0 Å². The third-order valence-electron chi connectivity index (χ3n) is 6.13. The third kappa shape index (κ3) is 5.51. The fourth-order valence-corrected chi connectivity index (χ4v) is 4.31. The number of amides is 2. The van der Waals surface area contributed by atoms with E-state index in [1.54, 1.807) is 0 Å². The molecule has 182 valence electrons. The number of carboxylic acid groups (broad SMARTS) is 1. The Morgan fingerprint density at radius 3 is 2.37 bits per heavy atom. The van der Waals surface area contributed by atoms with E-state index >= 15 is 0 Å². The minimum absolute atomic E-state index is 0.0396. The van der Waals surface area contributed by atoms with Gasteiger partial charge >= 0.3 is 12.1 Å². The van der Waals surface area contributed by atoms with Crippen molar-refractivity contribution in [2.24, 2.45) is 0 Å². The van der Waals surface area contributed by atoms with Crippen molar-refractivity contribution in [2.45, 2.75) is 44.7 Å². The number of carbonyl (C=O) groups is 3. The number of nitrogens with one attached hydrogen (secondary N) is 2. The Balaban J connectivity index is 1.32. The summed E-state index contributed by atoms with van der Waals surface area (Å²) in [6.45, 7) is 1.95. The zero-order valence-corrected chi connectivity index (χ0v) is 19.3. The Morgan fingerprint density at radius 2 is 1.74 bits per heavy atom. The van der Waals surface area contributed by atoms with E-state index in [0.717, 1.165) is 28.6 Å². The zero-order chi connectivity index (χ0) is 24.8. The molecule has 1 atom stereocenters. The maximum Gasteiger partial charge on any atom is 0.407 e. The highest BCUT2D eigenvalue weighted by Gasteiger charge is 2.29. The molecule has 0 saturated heterocycles. The van der Waals surface area contributed by atoms with E-state index in [0.29, 0.717) is 12.8 Å². The lowest BCUT2D eigenvalue weighted by Gasteiger charge is -2.16. The fourth-order valence-electron chi connectivity index (χ4n) is 4.31. The molecule has 0 fully saturated rings. The maximum atomic E-state index is 12.6. The van der Waals surface area contributed by atoms with Gasteiger partial charge in [0.2, 0.25) is 0 Å². The number of nitrogens with zero attached hydrogens (tertiary/aromatic N) is 1. The van der Waals surface area contributed by atoms with Crippen LogP contribution in [-0.4, -0.2) is 40.7 Å². The first kappa shape index (κ1) is 24.0. The quantitative estimate of drug-likeness (QED) is 0.401. The summed E-state index contributed by atoms with van der Waals surface area (Å²) in [5.41, 5.74) is 4.55. The predicted molar refractivity (Wildman–Crippen MR) is 127 cm³/mol. The molecule has 1 unspecified atom stereocenters. The number of alkyl carbamates (subject to hydrolysis) is 1.